The van der Waals surface area contributed by atoms with Crippen LogP contribution in [0.4, 0.5) is 0 Å². The van der Waals surface area contributed by atoms with Crippen LogP contribution in [0.15, 0.2) is 65.7 Å². The van der Waals surface area contributed by atoms with E-state index in [1.807, 2.05) is 60.7 Å². The molecule has 0 aliphatic rings. The number of methoxy groups -OCH3 is 2. The third-order valence-electron chi connectivity index (χ3n) is 4.51. The Morgan fingerprint density at radius 2 is 1.31 bits per heavy atom. The van der Waals surface area contributed by atoms with E-state index in [1.54, 1.807) is 20.8 Å². The molecule has 0 saturated heterocycles. The van der Waals surface area contributed by atoms with Crippen molar-refractivity contribution in [3.05, 3.63) is 71.8 Å². The molecule has 2 atom stereocenters. The zero-order chi connectivity index (χ0) is 23.7. The van der Waals surface area contributed by atoms with Crippen LogP contribution in [0.3, 0.4) is 0 Å². The molecule has 0 fully saturated rings. The maximum absolute atomic E-state index is 13.2. The number of nitrogens with zero attached hydrogens (tertiary/aromatic N) is 1. The van der Waals surface area contributed by atoms with Crippen LogP contribution >= 0.6 is 0 Å². The van der Waals surface area contributed by atoms with Gasteiger partial charge in [0.2, 0.25) is 0 Å². The van der Waals surface area contributed by atoms with Crippen LogP contribution < -0.4 is 0 Å². The first-order chi connectivity index (χ1) is 15.2. The molecule has 32 heavy (non-hydrogen) atoms. The molecule has 2 aromatic rings. The van der Waals surface area contributed by atoms with Gasteiger partial charge >= 0.3 is 17.9 Å². The van der Waals surface area contributed by atoms with E-state index < -0.39 is 35.5 Å². The lowest BCUT2D eigenvalue weighted by molar-refractivity contribution is -0.164. The summed E-state index contributed by atoms with van der Waals surface area (Å²) in [6, 6.07) is 17.2. The molecule has 0 spiro atoms. The van der Waals surface area contributed by atoms with Crippen LogP contribution in [0, 0.1) is 5.92 Å². The second-order valence-electron chi connectivity index (χ2n) is 8.10. The summed E-state index contributed by atoms with van der Waals surface area (Å²) < 4.78 is 15.2. The van der Waals surface area contributed by atoms with Crippen molar-refractivity contribution in [1.82, 2.24) is 0 Å². The third kappa shape index (κ3) is 7.04. The highest BCUT2D eigenvalue weighted by molar-refractivity contribution is 6.13. The first-order valence-electron chi connectivity index (χ1n) is 10.2. The molecule has 0 unspecified atom stereocenters. The van der Waals surface area contributed by atoms with Crippen molar-refractivity contribution in [1.29, 1.82) is 0 Å². The fourth-order valence-corrected chi connectivity index (χ4v) is 3.05. The molecule has 7 heteroatoms. The molecule has 0 amide bonds. The third-order valence-corrected chi connectivity index (χ3v) is 4.51. The van der Waals surface area contributed by atoms with Gasteiger partial charge < -0.3 is 14.2 Å². The van der Waals surface area contributed by atoms with Crippen molar-refractivity contribution < 1.29 is 28.6 Å². The van der Waals surface area contributed by atoms with E-state index in [1.165, 1.54) is 14.2 Å². The number of esters is 3. The second kappa shape index (κ2) is 11.2. The molecule has 170 valence electrons. The Hall–Kier alpha value is -3.48. The summed E-state index contributed by atoms with van der Waals surface area (Å²) in [5.41, 5.74) is 1.15. The molecule has 0 saturated carbocycles. The van der Waals surface area contributed by atoms with Gasteiger partial charge in [-0.1, -0.05) is 60.7 Å². The van der Waals surface area contributed by atoms with Crippen molar-refractivity contribution in [2.75, 3.05) is 14.2 Å². The van der Waals surface area contributed by atoms with Crippen molar-refractivity contribution in [2.24, 2.45) is 10.9 Å². The molecule has 2 rings (SSSR count). The highest BCUT2D eigenvalue weighted by Gasteiger charge is 2.39. The summed E-state index contributed by atoms with van der Waals surface area (Å²) >= 11 is 0. The molecular weight excluding hydrogens is 410 g/mol. The van der Waals surface area contributed by atoms with Gasteiger partial charge in [-0.15, -0.1) is 0 Å². The Morgan fingerprint density at radius 3 is 1.72 bits per heavy atom. The van der Waals surface area contributed by atoms with Gasteiger partial charge in [-0.3, -0.25) is 14.6 Å². The highest BCUT2D eigenvalue weighted by Crippen LogP contribution is 2.23. The Balaban J connectivity index is 2.68. The molecule has 0 aliphatic heterocycles. The van der Waals surface area contributed by atoms with E-state index >= 15 is 0 Å². The average molecular weight is 440 g/mol. The minimum absolute atomic E-state index is 0.382. The van der Waals surface area contributed by atoms with Crippen LogP contribution in [-0.2, 0) is 28.6 Å². The van der Waals surface area contributed by atoms with E-state index in [9.17, 15) is 14.4 Å². The average Bonchev–Trinajstić information content (AvgIpc) is 2.77. The highest BCUT2D eigenvalue weighted by atomic mass is 16.6. The minimum Gasteiger partial charge on any atom is -0.469 e. The number of benzene rings is 2. The fourth-order valence-electron chi connectivity index (χ4n) is 3.05. The van der Waals surface area contributed by atoms with Gasteiger partial charge in [0.05, 0.1) is 26.4 Å². The van der Waals surface area contributed by atoms with Crippen molar-refractivity contribution in [3.8, 4) is 0 Å². The maximum atomic E-state index is 13.2. The second-order valence-corrected chi connectivity index (χ2v) is 8.10. The van der Waals surface area contributed by atoms with Gasteiger partial charge in [0.1, 0.15) is 11.5 Å². The van der Waals surface area contributed by atoms with Crippen molar-refractivity contribution in [3.63, 3.8) is 0 Å². The molecular formula is C25H29NO6. The first-order valence-corrected chi connectivity index (χ1v) is 10.2. The van der Waals surface area contributed by atoms with Crippen LogP contribution in [0.1, 0.15) is 38.3 Å². The van der Waals surface area contributed by atoms with E-state index in [0.29, 0.717) is 5.71 Å². The van der Waals surface area contributed by atoms with Crippen LogP contribution in [0.2, 0.25) is 0 Å². The summed E-state index contributed by atoms with van der Waals surface area (Å²) in [6.45, 7) is 5.15. The molecule has 7 nitrogen and oxygen atoms in total. The predicted molar refractivity (Wildman–Crippen MR) is 120 cm³/mol. The molecule has 0 aliphatic carbocycles. The molecule has 0 aromatic heterocycles. The van der Waals surface area contributed by atoms with Crippen LogP contribution in [0.5, 0.6) is 0 Å². The lowest BCUT2D eigenvalue weighted by Crippen LogP contribution is -2.41. The standard InChI is InChI=1S/C25H29NO6/c1-25(2,3)32-24(29)22(19(23(28)31-5)16-20(27)30-4)26-21(17-12-8-6-9-13-17)18-14-10-7-11-15-18/h6-15,19,22H,16H2,1-5H3/t19-,22-/m0/s1. The van der Waals surface area contributed by atoms with E-state index in [0.717, 1.165) is 11.1 Å². The zero-order valence-electron chi connectivity index (χ0n) is 19.0. The molecule has 0 N–H and O–H groups in total. The number of carbonyl (C=O) groups excluding carboxylic acids is 3. The monoisotopic (exact) mass is 439 g/mol. The van der Waals surface area contributed by atoms with Gasteiger partial charge in [-0.05, 0) is 20.8 Å². The lowest BCUT2D eigenvalue weighted by atomic mass is 9.94. The van der Waals surface area contributed by atoms with E-state index in [4.69, 9.17) is 19.2 Å². The number of carbonyl (C=O) groups is 3. The van der Waals surface area contributed by atoms with Gasteiger partial charge in [0.25, 0.3) is 0 Å². The van der Waals surface area contributed by atoms with Gasteiger partial charge in [0.15, 0.2) is 6.04 Å². The van der Waals surface area contributed by atoms with E-state index in [2.05, 4.69) is 0 Å². The predicted octanol–water partition coefficient (Wildman–Crippen LogP) is 3.59. The van der Waals surface area contributed by atoms with E-state index in [-0.39, 0.29) is 6.42 Å². The summed E-state index contributed by atoms with van der Waals surface area (Å²) in [6.07, 6.45) is -0.382. The normalized spacial score (nSPS) is 12.8. The smallest absolute Gasteiger partial charge is 0.332 e. The SMILES string of the molecule is COC(=O)C[C@H](C(=O)OC)[C@H](N=C(c1ccccc1)c1ccccc1)C(=O)OC(C)(C)C. The largest absolute Gasteiger partial charge is 0.469 e. The Kier molecular flexibility index (Phi) is 8.70. The Morgan fingerprint density at radius 1 is 0.812 bits per heavy atom. The summed E-state index contributed by atoms with van der Waals surface area (Å²) in [5.74, 6) is -3.37. The minimum atomic E-state index is -1.32. The zero-order valence-corrected chi connectivity index (χ0v) is 19.0. The molecule has 0 heterocycles. The molecule has 2 aromatic carbocycles. The summed E-state index contributed by atoms with van der Waals surface area (Å²) in [5, 5.41) is 0. The number of rotatable bonds is 8. The lowest BCUT2D eigenvalue weighted by Gasteiger charge is -2.26. The molecule has 0 radical (unpaired) electrons. The topological polar surface area (TPSA) is 91.3 Å². The number of ether oxygens (including phenoxy) is 3. The Labute approximate surface area is 188 Å². The van der Waals surface area contributed by atoms with Crippen molar-refractivity contribution in [2.45, 2.75) is 38.8 Å². The Bertz CT molecular complexity index is 906. The van der Waals surface area contributed by atoms with Crippen LogP contribution in [-0.4, -0.2) is 49.5 Å². The molecule has 0 bridgehead atoms. The number of hydrogen-bond acceptors (Lipinski definition) is 7. The summed E-state index contributed by atoms with van der Waals surface area (Å²) in [4.78, 5) is 42.6. The first kappa shape index (κ1) is 24.8. The maximum Gasteiger partial charge on any atom is 0.332 e. The number of hydrogen-bond donors (Lipinski definition) is 0. The van der Waals surface area contributed by atoms with Gasteiger partial charge in [0, 0.05) is 11.1 Å². The van der Waals surface area contributed by atoms with Gasteiger partial charge in [-0.2, -0.15) is 0 Å². The summed E-state index contributed by atoms with van der Waals surface area (Å²) in [7, 11) is 2.40. The quantitative estimate of drug-likeness (QED) is 0.355. The van der Waals surface area contributed by atoms with Crippen LogP contribution in [0.25, 0.3) is 0 Å². The number of aliphatic imine (C=N–C) groups is 1. The van der Waals surface area contributed by atoms with Crippen molar-refractivity contribution >= 4 is 23.6 Å². The van der Waals surface area contributed by atoms with Gasteiger partial charge in [-0.25, -0.2) is 4.79 Å². The fraction of sp³-hybridized carbons (Fsp3) is 0.360.